The predicted molar refractivity (Wildman–Crippen MR) is 78.8 cm³/mol. The van der Waals surface area contributed by atoms with Crippen molar-refractivity contribution in [3.63, 3.8) is 0 Å². The molecule has 2 aliphatic rings. The van der Waals surface area contributed by atoms with Crippen molar-refractivity contribution in [2.24, 2.45) is 5.41 Å². The van der Waals surface area contributed by atoms with Crippen molar-refractivity contribution in [3.05, 3.63) is 17.5 Å². The van der Waals surface area contributed by atoms with E-state index in [4.69, 9.17) is 4.74 Å². The molecule has 0 radical (unpaired) electrons. The maximum Gasteiger partial charge on any atom is 0.229 e. The van der Waals surface area contributed by atoms with Gasteiger partial charge in [-0.15, -0.1) is 0 Å². The van der Waals surface area contributed by atoms with Gasteiger partial charge in [0.15, 0.2) is 0 Å². The van der Waals surface area contributed by atoms with Gasteiger partial charge in [0, 0.05) is 7.11 Å². The van der Waals surface area contributed by atoms with Gasteiger partial charge in [0.2, 0.25) is 5.91 Å². The van der Waals surface area contributed by atoms with Gasteiger partial charge in [-0.1, -0.05) is 0 Å². The van der Waals surface area contributed by atoms with Crippen LogP contribution in [0, 0.1) is 5.41 Å². The van der Waals surface area contributed by atoms with Gasteiger partial charge >= 0.3 is 0 Å². The maximum absolute atomic E-state index is 12.9. The second-order valence-corrected chi connectivity index (χ2v) is 6.19. The van der Waals surface area contributed by atoms with Crippen LogP contribution >= 0.6 is 0 Å². The topological polar surface area (TPSA) is 79.0 Å². The number of nitrogens with zero attached hydrogens (tertiary/aromatic N) is 1. The molecule has 1 aliphatic carbocycles. The summed E-state index contributed by atoms with van der Waals surface area (Å²) in [5.41, 5.74) is 1.92. The minimum atomic E-state index is -0.391. The summed E-state index contributed by atoms with van der Waals surface area (Å²) in [5, 5.41) is 13.7. The Morgan fingerprint density at radius 3 is 3.10 bits per heavy atom. The number of methoxy groups -OCH3 is 1. The van der Waals surface area contributed by atoms with Crippen LogP contribution in [0.5, 0.6) is 0 Å². The van der Waals surface area contributed by atoms with E-state index < -0.39 is 5.41 Å². The number of carbonyl (C=O) groups excluding carboxylic acids is 1. The Hall–Kier alpha value is -1.40. The van der Waals surface area contributed by atoms with Crippen LogP contribution in [-0.4, -0.2) is 42.9 Å². The van der Waals surface area contributed by atoms with Crippen LogP contribution in [0.15, 0.2) is 6.20 Å². The summed E-state index contributed by atoms with van der Waals surface area (Å²) in [7, 11) is 1.67. The molecule has 1 fully saturated rings. The number of amides is 1. The van der Waals surface area contributed by atoms with Crippen molar-refractivity contribution >= 4 is 5.91 Å². The highest BCUT2D eigenvalue weighted by atomic mass is 16.5. The molecule has 1 aromatic rings. The average Bonchev–Trinajstić information content (AvgIpc) is 2.98. The summed E-state index contributed by atoms with van der Waals surface area (Å²) in [6.45, 7) is 2.23. The Kier molecular flexibility index (Phi) is 4.26. The lowest BCUT2D eigenvalue weighted by atomic mass is 9.78. The second kappa shape index (κ2) is 6.15. The first kappa shape index (κ1) is 14.5. The smallest absolute Gasteiger partial charge is 0.229 e. The van der Waals surface area contributed by atoms with Crippen LogP contribution in [0.3, 0.4) is 0 Å². The fraction of sp³-hybridized carbons (Fsp3) is 0.733. The molecule has 6 nitrogen and oxygen atoms in total. The van der Waals surface area contributed by atoms with E-state index in [1.807, 2.05) is 6.20 Å². The molecular weight excluding hydrogens is 268 g/mol. The van der Waals surface area contributed by atoms with E-state index in [0.29, 0.717) is 6.61 Å². The summed E-state index contributed by atoms with van der Waals surface area (Å²) < 4.78 is 5.34. The van der Waals surface area contributed by atoms with Crippen molar-refractivity contribution in [2.45, 2.75) is 38.1 Å². The Labute approximate surface area is 125 Å². The third-order valence-corrected chi connectivity index (χ3v) is 4.81. The van der Waals surface area contributed by atoms with Gasteiger partial charge in [-0.3, -0.25) is 9.89 Å². The lowest BCUT2D eigenvalue weighted by Gasteiger charge is -2.37. The van der Waals surface area contributed by atoms with E-state index in [0.717, 1.165) is 50.9 Å². The molecule has 0 aromatic carbocycles. The molecule has 3 rings (SSSR count). The highest BCUT2D eigenvalue weighted by Crippen LogP contribution is 2.33. The molecule has 1 atom stereocenters. The minimum Gasteiger partial charge on any atom is -0.384 e. The van der Waals surface area contributed by atoms with Crippen LogP contribution in [-0.2, 0) is 16.0 Å². The molecule has 1 aliphatic heterocycles. The molecule has 0 saturated carbocycles. The standard InChI is InChI=1S/C15H24N4O2/c1-21-10-15(5-7-16-8-6-15)14(20)18-12-4-2-3-11-9-17-19-13(11)12/h9,12,16H,2-8,10H2,1H3,(H,17,19)(H,18,20). The number of rotatable bonds is 4. The monoisotopic (exact) mass is 292 g/mol. The Morgan fingerprint density at radius 1 is 1.52 bits per heavy atom. The quantitative estimate of drug-likeness (QED) is 0.771. The maximum atomic E-state index is 12.9. The number of aromatic nitrogens is 2. The number of aromatic amines is 1. The van der Waals surface area contributed by atoms with Crippen molar-refractivity contribution in [3.8, 4) is 0 Å². The fourth-order valence-corrected chi connectivity index (χ4v) is 3.54. The number of nitrogens with one attached hydrogen (secondary N) is 3. The van der Waals surface area contributed by atoms with Gasteiger partial charge in [-0.05, 0) is 50.8 Å². The summed E-state index contributed by atoms with van der Waals surface area (Å²) in [5.74, 6) is 0.123. The van der Waals surface area contributed by atoms with Gasteiger partial charge in [-0.25, -0.2) is 0 Å². The van der Waals surface area contributed by atoms with Gasteiger partial charge in [-0.2, -0.15) is 5.10 Å². The number of piperidine rings is 1. The number of aryl methyl sites for hydroxylation is 1. The number of hydrogen-bond donors (Lipinski definition) is 3. The van der Waals surface area contributed by atoms with Gasteiger partial charge in [0.05, 0.1) is 30.0 Å². The van der Waals surface area contributed by atoms with Crippen molar-refractivity contribution < 1.29 is 9.53 Å². The van der Waals surface area contributed by atoms with Crippen molar-refractivity contribution in [1.82, 2.24) is 20.8 Å². The molecule has 3 N–H and O–H groups in total. The molecule has 6 heteroatoms. The van der Waals surface area contributed by atoms with Crippen LogP contribution in [0.2, 0.25) is 0 Å². The predicted octanol–water partition coefficient (Wildman–Crippen LogP) is 0.919. The Balaban J connectivity index is 1.73. The van der Waals surface area contributed by atoms with Crippen molar-refractivity contribution in [2.75, 3.05) is 26.8 Å². The molecule has 21 heavy (non-hydrogen) atoms. The lowest BCUT2D eigenvalue weighted by molar-refractivity contribution is -0.137. The van der Waals surface area contributed by atoms with Gasteiger partial charge in [0.1, 0.15) is 0 Å². The third-order valence-electron chi connectivity index (χ3n) is 4.81. The molecule has 1 saturated heterocycles. The van der Waals surface area contributed by atoms with E-state index in [1.54, 1.807) is 7.11 Å². The first-order valence-corrected chi connectivity index (χ1v) is 7.78. The average molecular weight is 292 g/mol. The zero-order valence-electron chi connectivity index (χ0n) is 12.6. The fourth-order valence-electron chi connectivity index (χ4n) is 3.54. The number of ether oxygens (including phenoxy) is 1. The number of hydrogen-bond acceptors (Lipinski definition) is 4. The van der Waals surface area contributed by atoms with E-state index in [9.17, 15) is 4.79 Å². The molecule has 2 heterocycles. The lowest BCUT2D eigenvalue weighted by Crippen LogP contribution is -2.51. The molecule has 116 valence electrons. The number of H-pyrrole nitrogens is 1. The normalized spacial score (nSPS) is 24.3. The Bertz CT molecular complexity index is 488. The second-order valence-electron chi connectivity index (χ2n) is 6.19. The number of carbonyl (C=O) groups is 1. The van der Waals surface area contributed by atoms with E-state index in [2.05, 4.69) is 20.8 Å². The molecule has 1 unspecified atom stereocenters. The SMILES string of the molecule is COCC1(C(=O)NC2CCCc3cn[nH]c32)CCNCC1. The first-order valence-electron chi connectivity index (χ1n) is 7.78. The zero-order valence-corrected chi connectivity index (χ0v) is 12.6. The number of fused-ring (bicyclic) bond motifs is 1. The van der Waals surface area contributed by atoms with Crippen LogP contribution in [0.1, 0.15) is 43.0 Å². The summed E-state index contributed by atoms with van der Waals surface area (Å²) in [6, 6.07) is 0.0624. The largest absolute Gasteiger partial charge is 0.384 e. The highest BCUT2D eigenvalue weighted by Gasteiger charge is 2.41. The first-order chi connectivity index (χ1) is 10.2. The molecule has 1 amide bonds. The van der Waals surface area contributed by atoms with E-state index in [-0.39, 0.29) is 11.9 Å². The van der Waals surface area contributed by atoms with Crippen LogP contribution in [0.4, 0.5) is 0 Å². The van der Waals surface area contributed by atoms with Gasteiger partial charge in [0.25, 0.3) is 0 Å². The van der Waals surface area contributed by atoms with Crippen LogP contribution in [0.25, 0.3) is 0 Å². The van der Waals surface area contributed by atoms with E-state index in [1.165, 1.54) is 5.56 Å². The molecule has 0 spiro atoms. The molecular formula is C15H24N4O2. The minimum absolute atomic E-state index is 0.0624. The van der Waals surface area contributed by atoms with E-state index >= 15 is 0 Å². The van der Waals surface area contributed by atoms with Crippen molar-refractivity contribution in [1.29, 1.82) is 0 Å². The van der Waals surface area contributed by atoms with Gasteiger partial charge < -0.3 is 15.4 Å². The summed E-state index contributed by atoms with van der Waals surface area (Å²) in [6.07, 6.45) is 6.65. The molecule has 1 aromatic heterocycles. The highest BCUT2D eigenvalue weighted by molar-refractivity contribution is 5.83. The third kappa shape index (κ3) is 2.82. The van der Waals surface area contributed by atoms with Crippen LogP contribution < -0.4 is 10.6 Å². The zero-order chi connectivity index (χ0) is 14.7. The summed E-state index contributed by atoms with van der Waals surface area (Å²) >= 11 is 0. The molecule has 0 bridgehead atoms. The summed E-state index contributed by atoms with van der Waals surface area (Å²) in [4.78, 5) is 12.9. The Morgan fingerprint density at radius 2 is 2.33 bits per heavy atom.